The molecule has 1 saturated heterocycles. The van der Waals surface area contributed by atoms with Crippen LogP contribution in [0, 0.1) is 0 Å². The highest BCUT2D eigenvalue weighted by atomic mass is 16.3. The first kappa shape index (κ1) is 11.2. The average Bonchev–Trinajstić information content (AvgIpc) is 2.77. The summed E-state index contributed by atoms with van der Waals surface area (Å²) in [5.41, 5.74) is 7.39. The summed E-state index contributed by atoms with van der Waals surface area (Å²) in [7, 11) is 1.99. The molecule has 1 heterocycles. The van der Waals surface area contributed by atoms with Gasteiger partial charge in [-0.25, -0.2) is 0 Å². The van der Waals surface area contributed by atoms with Crippen molar-refractivity contribution in [2.45, 2.75) is 19.0 Å². The van der Waals surface area contributed by atoms with Crippen LogP contribution in [0.2, 0.25) is 0 Å². The molecule has 0 radical (unpaired) electrons. The van der Waals surface area contributed by atoms with E-state index in [1.165, 1.54) is 0 Å². The molecule has 4 N–H and O–H groups in total. The molecule has 0 aromatic heterocycles. The van der Waals surface area contributed by atoms with Crippen LogP contribution >= 0.6 is 0 Å². The van der Waals surface area contributed by atoms with Crippen molar-refractivity contribution in [3.8, 4) is 5.75 Å². The summed E-state index contributed by atoms with van der Waals surface area (Å²) >= 11 is 0. The zero-order chi connectivity index (χ0) is 11.5. The van der Waals surface area contributed by atoms with Gasteiger partial charge >= 0.3 is 0 Å². The number of benzene rings is 1. The van der Waals surface area contributed by atoms with Crippen LogP contribution in [0.3, 0.4) is 0 Å². The zero-order valence-electron chi connectivity index (χ0n) is 9.61. The fraction of sp³-hybridized carbons (Fsp3) is 0.500. The summed E-state index contributed by atoms with van der Waals surface area (Å²) in [5, 5.41) is 13.0. The largest absolute Gasteiger partial charge is 0.508 e. The minimum Gasteiger partial charge on any atom is -0.508 e. The molecule has 4 heteroatoms. The van der Waals surface area contributed by atoms with Crippen LogP contribution in [0.15, 0.2) is 18.2 Å². The van der Waals surface area contributed by atoms with E-state index < -0.39 is 0 Å². The molecular formula is C12H19N3O. The van der Waals surface area contributed by atoms with E-state index in [-0.39, 0.29) is 0 Å². The standard InChI is InChI=1S/C12H19N3O/c1-14-10-4-5-15(8-10)11-3-2-9(7-13)12(16)6-11/h2-3,6,10,14,16H,4-5,7-8,13H2,1H3/t10-/m1/s1. The summed E-state index contributed by atoms with van der Waals surface area (Å²) < 4.78 is 0. The summed E-state index contributed by atoms with van der Waals surface area (Å²) in [6.07, 6.45) is 1.15. The maximum absolute atomic E-state index is 9.75. The van der Waals surface area contributed by atoms with Crippen molar-refractivity contribution in [3.63, 3.8) is 0 Å². The number of phenols is 1. The molecule has 2 rings (SSSR count). The molecule has 0 saturated carbocycles. The number of aromatic hydroxyl groups is 1. The summed E-state index contributed by atoms with van der Waals surface area (Å²) in [5.74, 6) is 0.299. The van der Waals surface area contributed by atoms with Crippen molar-refractivity contribution in [1.82, 2.24) is 5.32 Å². The number of likely N-dealkylation sites (N-methyl/N-ethyl adjacent to an activating group) is 1. The smallest absolute Gasteiger partial charge is 0.122 e. The average molecular weight is 221 g/mol. The number of hydrogen-bond acceptors (Lipinski definition) is 4. The van der Waals surface area contributed by atoms with Crippen molar-refractivity contribution >= 4 is 5.69 Å². The van der Waals surface area contributed by atoms with Crippen LogP contribution in [-0.2, 0) is 6.54 Å². The monoisotopic (exact) mass is 221 g/mol. The van der Waals surface area contributed by atoms with E-state index in [1.807, 2.05) is 19.2 Å². The van der Waals surface area contributed by atoms with Crippen LogP contribution in [0.5, 0.6) is 5.75 Å². The Morgan fingerprint density at radius 1 is 1.56 bits per heavy atom. The van der Waals surface area contributed by atoms with Gasteiger partial charge in [0.2, 0.25) is 0 Å². The second-order valence-corrected chi connectivity index (χ2v) is 4.24. The van der Waals surface area contributed by atoms with Gasteiger partial charge in [0.1, 0.15) is 5.75 Å². The zero-order valence-corrected chi connectivity index (χ0v) is 9.61. The molecule has 1 aromatic rings. The van der Waals surface area contributed by atoms with Gasteiger partial charge in [-0.15, -0.1) is 0 Å². The van der Waals surface area contributed by atoms with Crippen molar-refractivity contribution in [2.24, 2.45) is 5.73 Å². The number of nitrogens with zero attached hydrogens (tertiary/aromatic N) is 1. The summed E-state index contributed by atoms with van der Waals surface area (Å²) in [6, 6.07) is 6.29. The van der Waals surface area contributed by atoms with Gasteiger partial charge < -0.3 is 21.1 Å². The topological polar surface area (TPSA) is 61.5 Å². The highest BCUT2D eigenvalue weighted by molar-refractivity contribution is 5.54. The van der Waals surface area contributed by atoms with Crippen molar-refractivity contribution in [3.05, 3.63) is 23.8 Å². The Bertz CT molecular complexity index is 367. The summed E-state index contributed by atoms with van der Waals surface area (Å²) in [4.78, 5) is 2.28. The third-order valence-electron chi connectivity index (χ3n) is 3.25. The molecule has 0 aliphatic carbocycles. The Morgan fingerprint density at radius 3 is 2.94 bits per heavy atom. The molecule has 0 spiro atoms. The highest BCUT2D eigenvalue weighted by Gasteiger charge is 2.21. The first-order chi connectivity index (χ1) is 7.74. The number of rotatable bonds is 3. The van der Waals surface area contributed by atoms with E-state index in [0.29, 0.717) is 18.3 Å². The maximum atomic E-state index is 9.75. The Kier molecular flexibility index (Phi) is 3.31. The third-order valence-corrected chi connectivity index (χ3v) is 3.25. The normalized spacial score (nSPS) is 20.4. The van der Waals surface area contributed by atoms with Gasteiger partial charge in [-0.3, -0.25) is 0 Å². The van der Waals surface area contributed by atoms with E-state index in [2.05, 4.69) is 10.2 Å². The molecule has 16 heavy (non-hydrogen) atoms. The second-order valence-electron chi connectivity index (χ2n) is 4.24. The molecule has 0 unspecified atom stereocenters. The Hall–Kier alpha value is -1.26. The number of anilines is 1. The number of hydrogen-bond donors (Lipinski definition) is 3. The summed E-state index contributed by atoms with van der Waals surface area (Å²) in [6.45, 7) is 2.41. The van der Waals surface area contributed by atoms with Gasteiger partial charge in [0.25, 0.3) is 0 Å². The molecule has 0 amide bonds. The lowest BCUT2D eigenvalue weighted by atomic mass is 10.1. The quantitative estimate of drug-likeness (QED) is 0.701. The van der Waals surface area contributed by atoms with E-state index in [9.17, 15) is 5.11 Å². The molecule has 1 aliphatic heterocycles. The van der Waals surface area contributed by atoms with Gasteiger partial charge in [-0.05, 0) is 19.5 Å². The predicted octanol–water partition coefficient (Wildman–Crippen LogP) is 0.649. The van der Waals surface area contributed by atoms with Gasteiger partial charge in [-0.1, -0.05) is 6.07 Å². The molecule has 1 fully saturated rings. The van der Waals surface area contributed by atoms with Crippen LogP contribution in [0.1, 0.15) is 12.0 Å². The molecule has 4 nitrogen and oxygen atoms in total. The molecule has 1 aliphatic rings. The van der Waals surface area contributed by atoms with Crippen LogP contribution in [-0.4, -0.2) is 31.3 Å². The van der Waals surface area contributed by atoms with Crippen molar-refractivity contribution in [1.29, 1.82) is 0 Å². The molecule has 0 bridgehead atoms. The van der Waals surface area contributed by atoms with Gasteiger partial charge in [0.15, 0.2) is 0 Å². The van der Waals surface area contributed by atoms with E-state index in [4.69, 9.17) is 5.73 Å². The molecule has 1 atom stereocenters. The maximum Gasteiger partial charge on any atom is 0.122 e. The molecule has 1 aromatic carbocycles. The van der Waals surface area contributed by atoms with Crippen LogP contribution < -0.4 is 16.0 Å². The number of phenolic OH excluding ortho intramolecular Hbond substituents is 1. The Morgan fingerprint density at radius 2 is 2.38 bits per heavy atom. The predicted molar refractivity (Wildman–Crippen MR) is 65.7 cm³/mol. The lowest BCUT2D eigenvalue weighted by Gasteiger charge is -2.19. The van der Waals surface area contributed by atoms with Crippen molar-refractivity contribution < 1.29 is 5.11 Å². The second kappa shape index (κ2) is 4.72. The van der Waals surface area contributed by atoms with Gasteiger partial charge in [0, 0.05) is 43.0 Å². The first-order valence-corrected chi connectivity index (χ1v) is 5.68. The fourth-order valence-corrected chi connectivity index (χ4v) is 2.15. The van der Waals surface area contributed by atoms with Crippen molar-refractivity contribution in [2.75, 3.05) is 25.0 Å². The lowest BCUT2D eigenvalue weighted by Crippen LogP contribution is -2.29. The highest BCUT2D eigenvalue weighted by Crippen LogP contribution is 2.26. The van der Waals surface area contributed by atoms with Gasteiger partial charge in [-0.2, -0.15) is 0 Å². The fourth-order valence-electron chi connectivity index (χ4n) is 2.15. The Labute approximate surface area is 96.1 Å². The van der Waals surface area contributed by atoms with E-state index in [0.717, 1.165) is 30.8 Å². The number of nitrogens with one attached hydrogen (secondary N) is 1. The van der Waals surface area contributed by atoms with Crippen LogP contribution in [0.25, 0.3) is 0 Å². The minimum atomic E-state index is 0.299. The molecule has 88 valence electrons. The minimum absolute atomic E-state index is 0.299. The third kappa shape index (κ3) is 2.13. The van der Waals surface area contributed by atoms with Crippen LogP contribution in [0.4, 0.5) is 5.69 Å². The van der Waals surface area contributed by atoms with E-state index >= 15 is 0 Å². The lowest BCUT2D eigenvalue weighted by molar-refractivity contribution is 0.468. The Balaban J connectivity index is 2.13. The first-order valence-electron chi connectivity index (χ1n) is 5.68. The number of nitrogens with two attached hydrogens (primary N) is 1. The molecular weight excluding hydrogens is 202 g/mol. The van der Waals surface area contributed by atoms with E-state index in [1.54, 1.807) is 6.07 Å². The SMILES string of the molecule is CN[C@@H]1CCN(c2ccc(CN)c(O)c2)C1. The van der Waals surface area contributed by atoms with Gasteiger partial charge in [0.05, 0.1) is 0 Å².